The fourth-order valence-corrected chi connectivity index (χ4v) is 3.08. The van der Waals surface area contributed by atoms with Crippen molar-refractivity contribution in [3.63, 3.8) is 0 Å². The van der Waals surface area contributed by atoms with Crippen molar-refractivity contribution in [3.05, 3.63) is 51.1 Å². The lowest BCUT2D eigenvalue weighted by Gasteiger charge is -2.11. The molecule has 7 nitrogen and oxygen atoms in total. The molecule has 0 bridgehead atoms. The summed E-state index contributed by atoms with van der Waals surface area (Å²) in [6, 6.07) is 2.81. The molecule has 1 unspecified atom stereocenters. The highest BCUT2D eigenvalue weighted by Crippen LogP contribution is 2.27. The van der Waals surface area contributed by atoms with Crippen molar-refractivity contribution < 1.29 is 0 Å². The van der Waals surface area contributed by atoms with Crippen LogP contribution < -0.4 is 10.5 Å². The highest BCUT2D eigenvalue weighted by atomic mass is 35.5. The number of rotatable bonds is 4. The number of hydrogen-bond acceptors (Lipinski definition) is 7. The molecule has 0 N–H and O–H groups in total. The standard InChI is InChI=1S/C15H15ClN6OS/c1-9(22-5-4-10(16)6-13(22)23)14-19-20-15(24-14)11-7-17-8-12(18-11)21(2)3/h4-9H,1-3H3. The van der Waals surface area contributed by atoms with Gasteiger partial charge in [0.2, 0.25) is 0 Å². The van der Waals surface area contributed by atoms with Crippen molar-refractivity contribution in [3.8, 4) is 10.7 Å². The third-order valence-electron chi connectivity index (χ3n) is 3.42. The molecule has 0 radical (unpaired) electrons. The lowest BCUT2D eigenvalue weighted by atomic mass is 10.3. The summed E-state index contributed by atoms with van der Waals surface area (Å²) in [5.74, 6) is 0.742. The first kappa shape index (κ1) is 16.5. The van der Waals surface area contributed by atoms with Gasteiger partial charge in [-0.2, -0.15) is 0 Å². The van der Waals surface area contributed by atoms with E-state index >= 15 is 0 Å². The van der Waals surface area contributed by atoms with Crippen molar-refractivity contribution in [1.82, 2.24) is 24.7 Å². The lowest BCUT2D eigenvalue weighted by Crippen LogP contribution is -2.22. The van der Waals surface area contributed by atoms with Gasteiger partial charge in [0.1, 0.15) is 16.5 Å². The molecule has 1 atom stereocenters. The molecule has 9 heteroatoms. The van der Waals surface area contributed by atoms with Crippen molar-refractivity contribution in [1.29, 1.82) is 0 Å². The Morgan fingerprint density at radius 1 is 1.29 bits per heavy atom. The van der Waals surface area contributed by atoms with E-state index in [9.17, 15) is 4.79 Å². The molecule has 3 rings (SSSR count). The van der Waals surface area contributed by atoms with Crippen molar-refractivity contribution in [2.24, 2.45) is 0 Å². The van der Waals surface area contributed by atoms with Gasteiger partial charge in [-0.25, -0.2) is 4.98 Å². The van der Waals surface area contributed by atoms with E-state index in [1.54, 1.807) is 29.2 Å². The maximum Gasteiger partial charge on any atom is 0.252 e. The molecular formula is C15H15ClN6OS. The monoisotopic (exact) mass is 362 g/mol. The molecule has 0 fully saturated rings. The average molecular weight is 363 g/mol. The van der Waals surface area contributed by atoms with Crippen LogP contribution >= 0.6 is 22.9 Å². The van der Waals surface area contributed by atoms with Crippen LogP contribution in [0.5, 0.6) is 0 Å². The number of hydrogen-bond donors (Lipinski definition) is 0. The molecule has 0 saturated heterocycles. The van der Waals surface area contributed by atoms with E-state index in [0.717, 1.165) is 5.82 Å². The summed E-state index contributed by atoms with van der Waals surface area (Å²) in [5, 5.41) is 10.2. The van der Waals surface area contributed by atoms with E-state index in [1.165, 1.54) is 17.4 Å². The van der Waals surface area contributed by atoms with Gasteiger partial charge in [0, 0.05) is 31.4 Å². The average Bonchev–Trinajstić information content (AvgIpc) is 3.04. The van der Waals surface area contributed by atoms with Crippen LogP contribution in [-0.4, -0.2) is 38.8 Å². The van der Waals surface area contributed by atoms with Crippen LogP contribution in [0, 0.1) is 0 Å². The third-order valence-corrected chi connectivity index (χ3v) is 4.78. The van der Waals surface area contributed by atoms with Crippen LogP contribution in [0.15, 0.2) is 35.5 Å². The minimum atomic E-state index is -0.244. The van der Waals surface area contributed by atoms with Gasteiger partial charge in [-0.1, -0.05) is 22.9 Å². The first-order valence-electron chi connectivity index (χ1n) is 7.16. The number of anilines is 1. The van der Waals surface area contributed by atoms with Crippen molar-refractivity contribution in [2.75, 3.05) is 19.0 Å². The number of nitrogens with zero attached hydrogens (tertiary/aromatic N) is 6. The van der Waals surface area contributed by atoms with Crippen molar-refractivity contribution >= 4 is 28.8 Å². The van der Waals surface area contributed by atoms with Crippen LogP contribution in [0.4, 0.5) is 5.82 Å². The Kier molecular flexibility index (Phi) is 4.59. The SMILES string of the molecule is CC(c1nnc(-c2cncc(N(C)C)n2)s1)n1ccc(Cl)cc1=O. The molecular weight excluding hydrogens is 348 g/mol. The predicted molar refractivity (Wildman–Crippen MR) is 94.8 cm³/mol. The topological polar surface area (TPSA) is 76.8 Å². The van der Waals surface area contributed by atoms with Gasteiger partial charge in [0.15, 0.2) is 5.01 Å². The van der Waals surface area contributed by atoms with E-state index in [2.05, 4.69) is 20.2 Å². The Morgan fingerprint density at radius 2 is 2.08 bits per heavy atom. The van der Waals surface area contributed by atoms with E-state index in [4.69, 9.17) is 11.6 Å². The second-order valence-electron chi connectivity index (χ2n) is 5.37. The van der Waals surface area contributed by atoms with Crippen molar-refractivity contribution in [2.45, 2.75) is 13.0 Å². The predicted octanol–water partition coefficient (Wildman–Crippen LogP) is 2.49. The maximum absolute atomic E-state index is 12.1. The minimum absolute atomic E-state index is 0.179. The first-order chi connectivity index (χ1) is 11.5. The fraction of sp³-hybridized carbons (Fsp3) is 0.267. The zero-order valence-electron chi connectivity index (χ0n) is 13.3. The second kappa shape index (κ2) is 6.66. The number of halogens is 1. The molecule has 3 aromatic heterocycles. The largest absolute Gasteiger partial charge is 0.361 e. The van der Waals surface area contributed by atoms with E-state index in [1.807, 2.05) is 25.9 Å². The zero-order chi connectivity index (χ0) is 17.3. The van der Waals surface area contributed by atoms with Gasteiger partial charge in [-0.05, 0) is 13.0 Å². The summed E-state index contributed by atoms with van der Waals surface area (Å²) in [5.41, 5.74) is 0.474. The Morgan fingerprint density at radius 3 is 2.79 bits per heavy atom. The highest BCUT2D eigenvalue weighted by molar-refractivity contribution is 7.14. The second-order valence-corrected chi connectivity index (χ2v) is 6.81. The maximum atomic E-state index is 12.1. The highest BCUT2D eigenvalue weighted by Gasteiger charge is 2.17. The van der Waals surface area contributed by atoms with E-state index in [-0.39, 0.29) is 11.6 Å². The minimum Gasteiger partial charge on any atom is -0.361 e. The normalized spacial score (nSPS) is 12.2. The molecule has 0 amide bonds. The van der Waals surface area contributed by atoms with Gasteiger partial charge in [0.05, 0.1) is 18.4 Å². The van der Waals surface area contributed by atoms with Gasteiger partial charge < -0.3 is 9.47 Å². The zero-order valence-corrected chi connectivity index (χ0v) is 14.9. The molecule has 3 aromatic rings. The molecule has 0 spiro atoms. The Balaban J connectivity index is 1.93. The molecule has 0 aromatic carbocycles. The van der Waals surface area contributed by atoms with Crippen LogP contribution in [0.1, 0.15) is 18.0 Å². The lowest BCUT2D eigenvalue weighted by molar-refractivity contribution is 0.605. The molecule has 24 heavy (non-hydrogen) atoms. The molecule has 124 valence electrons. The van der Waals surface area contributed by atoms with Crippen LogP contribution in [-0.2, 0) is 0 Å². The third kappa shape index (κ3) is 3.29. The van der Waals surface area contributed by atoms with E-state index < -0.39 is 0 Å². The summed E-state index contributed by atoms with van der Waals surface area (Å²) >= 11 is 7.22. The fourth-order valence-electron chi connectivity index (χ4n) is 2.09. The van der Waals surface area contributed by atoms with Gasteiger partial charge in [-0.15, -0.1) is 10.2 Å². The Labute approximate surface area is 147 Å². The summed E-state index contributed by atoms with van der Waals surface area (Å²) in [7, 11) is 3.79. The van der Waals surface area contributed by atoms with Crippen LogP contribution in [0.25, 0.3) is 10.7 Å². The number of pyridine rings is 1. The quantitative estimate of drug-likeness (QED) is 0.709. The van der Waals surface area contributed by atoms with Gasteiger partial charge in [-0.3, -0.25) is 9.78 Å². The first-order valence-corrected chi connectivity index (χ1v) is 8.36. The van der Waals surface area contributed by atoms with Crippen LogP contribution in [0.3, 0.4) is 0 Å². The summed E-state index contributed by atoms with van der Waals surface area (Å²) in [6.45, 7) is 1.89. The summed E-state index contributed by atoms with van der Waals surface area (Å²) < 4.78 is 1.57. The Bertz CT molecular complexity index is 922. The molecule has 3 heterocycles. The molecule has 0 aliphatic rings. The molecule has 0 saturated carbocycles. The molecule has 0 aliphatic heterocycles. The molecule has 0 aliphatic carbocycles. The summed E-state index contributed by atoms with van der Waals surface area (Å²) in [6.07, 6.45) is 4.99. The van der Waals surface area contributed by atoms with Crippen LogP contribution in [0.2, 0.25) is 5.02 Å². The van der Waals surface area contributed by atoms with E-state index in [0.29, 0.717) is 20.7 Å². The van der Waals surface area contributed by atoms with Gasteiger partial charge >= 0.3 is 0 Å². The number of aromatic nitrogens is 5. The smallest absolute Gasteiger partial charge is 0.252 e. The Hall–Kier alpha value is -2.32. The van der Waals surface area contributed by atoms with Gasteiger partial charge in [0.25, 0.3) is 5.56 Å². The summed E-state index contributed by atoms with van der Waals surface area (Å²) in [4.78, 5) is 22.6.